The summed E-state index contributed by atoms with van der Waals surface area (Å²) in [5.74, 6) is 1.65. The summed E-state index contributed by atoms with van der Waals surface area (Å²) in [7, 11) is 0. The monoisotopic (exact) mass is 922 g/mol. The number of nitrogens with zero attached hydrogens (tertiary/aromatic N) is 4. The molecule has 3 aromatic heterocycles. The predicted molar refractivity (Wildman–Crippen MR) is 288 cm³/mol. The summed E-state index contributed by atoms with van der Waals surface area (Å²) in [6.45, 7) is 14.9. The van der Waals surface area contributed by atoms with Crippen molar-refractivity contribution >= 4 is 32.8 Å². The molecule has 0 aliphatic heterocycles. The van der Waals surface area contributed by atoms with Gasteiger partial charge in [-0.3, -0.25) is 13.7 Å². The first kappa shape index (κ1) is 31.2. The van der Waals surface area contributed by atoms with E-state index in [4.69, 9.17) is 23.4 Å². The maximum absolute atomic E-state index is 9.66. The third-order valence-corrected chi connectivity index (χ3v) is 13.6. The van der Waals surface area contributed by atoms with Crippen LogP contribution in [0.4, 0.5) is 0 Å². The van der Waals surface area contributed by atoms with Crippen LogP contribution >= 0.6 is 0 Å². The van der Waals surface area contributed by atoms with E-state index >= 15 is 0 Å². The van der Waals surface area contributed by atoms with E-state index in [0.717, 1.165) is 44.9 Å². The van der Waals surface area contributed by atoms with Crippen LogP contribution in [0.3, 0.4) is 0 Å². The minimum atomic E-state index is -0.583. The summed E-state index contributed by atoms with van der Waals surface area (Å²) in [6.07, 6.45) is 6.03. The molecule has 0 bridgehead atoms. The van der Waals surface area contributed by atoms with Gasteiger partial charge in [-0.2, -0.15) is 0 Å². The number of hydrogen-bond acceptors (Lipinski definition) is 2. The van der Waals surface area contributed by atoms with Crippen molar-refractivity contribution in [2.45, 2.75) is 71.1 Å². The standard InChI is InChI=1S/C65H56N4O/c1-63(2,3)47-34-35-66-61(38-47)69-57-33-29-45(46-28-32-55-56(37-46)65(6,7)41-64(55,4)5)36-54(57)53-31-30-50(40-60(53)69)70-49-23-16-22-48(39-49)67-42-68(59-27-15-14-26-58(59)67)62-51(43-18-10-8-11-19-43)24-17-25-52(62)44-20-12-9-13-21-44/h8-40H,41H2,1-7H3/i8D,9D,10D,11D,12D,13D,18D,19D,20D,21D,28D,32D,37D. The summed E-state index contributed by atoms with van der Waals surface area (Å²) in [5.41, 5.74) is 6.40. The minimum Gasteiger partial charge on any atom is -0.458 e. The van der Waals surface area contributed by atoms with Crippen molar-refractivity contribution in [2.75, 3.05) is 0 Å². The third kappa shape index (κ3) is 7.39. The summed E-state index contributed by atoms with van der Waals surface area (Å²) >= 11 is 0. The zero-order valence-corrected chi connectivity index (χ0v) is 40.0. The molecule has 1 aliphatic rings. The van der Waals surface area contributed by atoms with Crippen LogP contribution in [0.1, 0.15) is 89.4 Å². The first-order valence-electron chi connectivity index (χ1n) is 29.9. The molecule has 1 aliphatic carbocycles. The second-order valence-electron chi connectivity index (χ2n) is 20.4. The van der Waals surface area contributed by atoms with Gasteiger partial charge in [0.25, 0.3) is 6.33 Å². The molecule has 0 spiro atoms. The summed E-state index contributed by atoms with van der Waals surface area (Å²) in [6, 6.07) is 30.4. The molecule has 342 valence electrons. The van der Waals surface area contributed by atoms with Crippen LogP contribution in [0.5, 0.6) is 11.5 Å². The lowest BCUT2D eigenvalue weighted by molar-refractivity contribution is -0.571. The zero-order chi connectivity index (χ0) is 59.3. The van der Waals surface area contributed by atoms with Gasteiger partial charge in [0.2, 0.25) is 0 Å². The lowest BCUT2D eigenvalue weighted by atomic mass is 9.82. The smallest absolute Gasteiger partial charge is 0.269 e. The number of aromatic nitrogens is 4. The van der Waals surface area contributed by atoms with E-state index in [-0.39, 0.29) is 62.3 Å². The van der Waals surface area contributed by atoms with E-state index < -0.39 is 60.4 Å². The van der Waals surface area contributed by atoms with Gasteiger partial charge in [0.05, 0.1) is 51.3 Å². The van der Waals surface area contributed by atoms with Gasteiger partial charge in [0, 0.05) is 23.0 Å². The molecule has 5 nitrogen and oxygen atoms in total. The number of pyridine rings is 1. The number of ether oxygens (including phenoxy) is 1. The number of hydrogen-bond donors (Lipinski definition) is 0. The lowest BCUT2D eigenvalue weighted by Gasteiger charge is -2.22. The first-order chi connectivity index (χ1) is 39.2. The molecule has 5 heteroatoms. The second kappa shape index (κ2) is 16.3. The fraction of sp³-hybridized carbons (Fsp3) is 0.169. The maximum atomic E-state index is 9.66. The van der Waals surface area contributed by atoms with Gasteiger partial charge in [0.15, 0.2) is 0 Å². The van der Waals surface area contributed by atoms with Gasteiger partial charge in [-0.15, -0.1) is 0 Å². The van der Waals surface area contributed by atoms with E-state index in [1.807, 2.05) is 91.1 Å². The lowest BCUT2D eigenvalue weighted by Crippen LogP contribution is -2.31. The molecule has 0 atom stereocenters. The molecule has 0 saturated carbocycles. The SMILES string of the molecule is [2H]c1c([2H])c([2H])c(-c2cccc(-c3c([2H])c([2H])c([2H])c([2H])c3[2H])c2-[n+]2[c-]n(-c3cccc(Oc4ccc5c6cc(-c7c([2H])c([2H])c8c(c7[2H])C(C)(C)CC8(C)C)ccc6n(-c6cc(C(C)(C)C)ccn6)c5c4)c3)c3ccccc32)c([2H])c1[2H]. The molecule has 11 aromatic rings. The molecule has 70 heavy (non-hydrogen) atoms. The van der Waals surface area contributed by atoms with E-state index in [2.05, 4.69) is 65.4 Å². The van der Waals surface area contributed by atoms with Crippen molar-refractivity contribution in [3.8, 4) is 62.1 Å². The molecule has 8 aromatic carbocycles. The van der Waals surface area contributed by atoms with Gasteiger partial charge in [0.1, 0.15) is 17.3 Å². The van der Waals surface area contributed by atoms with E-state index in [0.29, 0.717) is 45.2 Å². The molecule has 0 radical (unpaired) electrons. The van der Waals surface area contributed by atoms with E-state index in [1.165, 1.54) is 0 Å². The average Bonchev–Trinajstić information content (AvgIpc) is 2.09. The molecular formula is C65H56N4O. The Morgan fingerprint density at radius 2 is 1.30 bits per heavy atom. The number of fused-ring (bicyclic) bond motifs is 5. The van der Waals surface area contributed by atoms with Crippen LogP contribution in [0.2, 0.25) is 0 Å². The largest absolute Gasteiger partial charge is 0.458 e. The Morgan fingerprint density at radius 3 is 2.04 bits per heavy atom. The van der Waals surface area contributed by atoms with Crippen LogP contribution in [0.15, 0.2) is 200 Å². The Labute approximate surface area is 429 Å². The molecule has 0 amide bonds. The van der Waals surface area contributed by atoms with Crippen LogP contribution in [0.25, 0.3) is 83.4 Å². The first-order valence-corrected chi connectivity index (χ1v) is 23.4. The second-order valence-corrected chi connectivity index (χ2v) is 20.4. The Morgan fingerprint density at radius 1 is 0.600 bits per heavy atom. The molecule has 3 heterocycles. The number of imidazole rings is 1. The van der Waals surface area contributed by atoms with Crippen molar-refractivity contribution in [3.05, 3.63) is 223 Å². The highest BCUT2D eigenvalue weighted by Gasteiger charge is 2.41. The Kier molecular flexibility index (Phi) is 7.26. The molecule has 12 rings (SSSR count). The highest BCUT2D eigenvalue weighted by atomic mass is 16.5. The molecule has 0 N–H and O–H groups in total. The Hall–Kier alpha value is -8.02. The number of rotatable bonds is 8. The van der Waals surface area contributed by atoms with E-state index in [1.54, 1.807) is 33.4 Å². The normalized spacial score (nSPS) is 16.7. The number of benzene rings is 8. The fourth-order valence-corrected chi connectivity index (χ4v) is 10.5. The van der Waals surface area contributed by atoms with Gasteiger partial charge < -0.3 is 4.74 Å². The summed E-state index contributed by atoms with van der Waals surface area (Å²) in [4.78, 5) is 4.92. The third-order valence-electron chi connectivity index (χ3n) is 13.6. The molecule has 0 saturated heterocycles. The summed E-state index contributed by atoms with van der Waals surface area (Å²) in [5, 5.41) is 1.74. The van der Waals surface area contributed by atoms with Crippen LogP contribution in [-0.4, -0.2) is 14.1 Å². The maximum Gasteiger partial charge on any atom is 0.269 e. The minimum absolute atomic E-state index is 0.0386. The average molecular weight is 922 g/mol. The van der Waals surface area contributed by atoms with Gasteiger partial charge in [-0.25, -0.2) is 4.98 Å². The van der Waals surface area contributed by atoms with Gasteiger partial charge in [-0.05, 0) is 127 Å². The Balaban J connectivity index is 1.01. The van der Waals surface area contributed by atoms with Crippen molar-refractivity contribution in [2.24, 2.45) is 0 Å². The van der Waals surface area contributed by atoms with Gasteiger partial charge >= 0.3 is 0 Å². The van der Waals surface area contributed by atoms with Crippen molar-refractivity contribution in [1.29, 1.82) is 0 Å². The summed E-state index contributed by atoms with van der Waals surface area (Å²) < 4.78 is 128. The Bertz CT molecular complexity index is 4460. The highest BCUT2D eigenvalue weighted by Crippen LogP contribution is 2.50. The van der Waals surface area contributed by atoms with Crippen LogP contribution in [0, 0.1) is 6.33 Å². The highest BCUT2D eigenvalue weighted by molar-refractivity contribution is 6.10. The zero-order valence-electron chi connectivity index (χ0n) is 53.0. The topological polar surface area (TPSA) is 35.9 Å². The van der Waals surface area contributed by atoms with Crippen molar-refractivity contribution in [1.82, 2.24) is 14.1 Å². The molecular weight excluding hydrogens is 853 g/mol. The van der Waals surface area contributed by atoms with Gasteiger partial charge in [-0.1, -0.05) is 182 Å². The fourth-order valence-electron chi connectivity index (χ4n) is 10.5. The predicted octanol–water partition coefficient (Wildman–Crippen LogP) is 16.2. The number of para-hydroxylation sites is 3. The molecule has 0 unspecified atom stereocenters. The molecule has 0 fully saturated rings. The van der Waals surface area contributed by atoms with E-state index in [9.17, 15) is 4.11 Å². The van der Waals surface area contributed by atoms with Crippen molar-refractivity contribution < 1.29 is 27.1 Å². The van der Waals surface area contributed by atoms with Crippen molar-refractivity contribution in [3.63, 3.8) is 0 Å². The van der Waals surface area contributed by atoms with Crippen LogP contribution in [-0.2, 0) is 16.2 Å². The quantitative estimate of drug-likeness (QED) is 0.112. The van der Waals surface area contributed by atoms with Crippen LogP contribution < -0.4 is 9.30 Å².